The van der Waals surface area contributed by atoms with E-state index < -0.39 is 10.0 Å². The molecule has 1 amide bonds. The van der Waals surface area contributed by atoms with Gasteiger partial charge in [0.2, 0.25) is 10.0 Å². The van der Waals surface area contributed by atoms with Crippen LogP contribution < -0.4 is 10.0 Å². The molecule has 29 heavy (non-hydrogen) atoms. The van der Waals surface area contributed by atoms with E-state index in [0.717, 1.165) is 11.1 Å². The van der Waals surface area contributed by atoms with Gasteiger partial charge in [0.1, 0.15) is 0 Å². The molecular formula is C23H20N2O3S. The summed E-state index contributed by atoms with van der Waals surface area (Å²) < 4.78 is 26.5. The number of terminal acetylenes is 1. The first-order valence-electron chi connectivity index (χ1n) is 8.95. The van der Waals surface area contributed by atoms with Gasteiger partial charge in [-0.2, -0.15) is 4.72 Å². The minimum Gasteiger partial charge on any atom is -0.341 e. The van der Waals surface area contributed by atoms with Gasteiger partial charge in [-0.05, 0) is 35.4 Å². The standard InChI is InChI=1S/C23H20N2O3S/c1-2-17-24-29(27,28)21-15-13-20(14-16-21)23(26)25-22(18-9-5-3-6-10-18)19-11-7-4-8-12-19/h1,3-16,22,24H,17H2,(H,25,26). The smallest absolute Gasteiger partial charge is 0.252 e. The molecule has 0 spiro atoms. The SMILES string of the molecule is C#CCNS(=O)(=O)c1ccc(C(=O)NC(c2ccccc2)c2ccccc2)cc1. The first kappa shape index (κ1) is 20.3. The molecular weight excluding hydrogens is 384 g/mol. The predicted molar refractivity (Wildman–Crippen MR) is 113 cm³/mol. The monoisotopic (exact) mass is 404 g/mol. The number of carbonyl (C=O) groups is 1. The molecule has 0 radical (unpaired) electrons. The predicted octanol–water partition coefficient (Wildman–Crippen LogP) is 3.12. The highest BCUT2D eigenvalue weighted by atomic mass is 32.2. The van der Waals surface area contributed by atoms with Gasteiger partial charge in [-0.15, -0.1) is 6.42 Å². The largest absolute Gasteiger partial charge is 0.341 e. The summed E-state index contributed by atoms with van der Waals surface area (Å²) in [5, 5.41) is 3.03. The highest BCUT2D eigenvalue weighted by Crippen LogP contribution is 2.22. The average molecular weight is 404 g/mol. The summed E-state index contributed by atoms with van der Waals surface area (Å²) in [6, 6.07) is 24.7. The zero-order chi connectivity index (χ0) is 20.7. The highest BCUT2D eigenvalue weighted by Gasteiger charge is 2.19. The molecule has 0 aliphatic heterocycles. The van der Waals surface area contributed by atoms with Gasteiger partial charge >= 0.3 is 0 Å². The zero-order valence-electron chi connectivity index (χ0n) is 15.6. The number of amides is 1. The molecule has 0 heterocycles. The lowest BCUT2D eigenvalue weighted by molar-refractivity contribution is 0.0943. The van der Waals surface area contributed by atoms with Crippen molar-refractivity contribution in [2.45, 2.75) is 10.9 Å². The fraction of sp³-hybridized carbons (Fsp3) is 0.0870. The van der Waals surface area contributed by atoms with Crippen molar-refractivity contribution in [2.24, 2.45) is 0 Å². The average Bonchev–Trinajstić information content (AvgIpc) is 2.77. The van der Waals surface area contributed by atoms with Crippen molar-refractivity contribution in [1.82, 2.24) is 10.0 Å². The van der Waals surface area contributed by atoms with E-state index in [2.05, 4.69) is 16.0 Å². The third-order valence-corrected chi connectivity index (χ3v) is 5.75. The van der Waals surface area contributed by atoms with Crippen molar-refractivity contribution in [1.29, 1.82) is 0 Å². The van der Waals surface area contributed by atoms with Crippen LogP contribution in [0.15, 0.2) is 89.8 Å². The Balaban J connectivity index is 1.83. The number of nitrogens with one attached hydrogen (secondary N) is 2. The Bertz CT molecular complexity index is 1060. The van der Waals surface area contributed by atoms with Crippen LogP contribution in [0.1, 0.15) is 27.5 Å². The molecule has 0 bridgehead atoms. The second kappa shape index (κ2) is 9.20. The molecule has 0 unspecified atom stereocenters. The van der Waals surface area contributed by atoms with Crippen molar-refractivity contribution in [3.8, 4) is 12.3 Å². The third kappa shape index (κ3) is 5.11. The van der Waals surface area contributed by atoms with Gasteiger partial charge in [-0.3, -0.25) is 4.79 Å². The zero-order valence-corrected chi connectivity index (χ0v) is 16.4. The van der Waals surface area contributed by atoms with Gasteiger partial charge in [0.25, 0.3) is 5.91 Å². The molecule has 2 N–H and O–H groups in total. The van der Waals surface area contributed by atoms with Gasteiger partial charge in [0.15, 0.2) is 0 Å². The molecule has 3 rings (SSSR count). The summed E-state index contributed by atoms with van der Waals surface area (Å²) in [6.45, 7) is -0.0968. The van der Waals surface area contributed by atoms with Crippen molar-refractivity contribution in [3.05, 3.63) is 102 Å². The van der Waals surface area contributed by atoms with Crippen molar-refractivity contribution in [3.63, 3.8) is 0 Å². The second-order valence-corrected chi connectivity index (χ2v) is 8.05. The first-order valence-corrected chi connectivity index (χ1v) is 10.4. The van der Waals surface area contributed by atoms with E-state index in [9.17, 15) is 13.2 Å². The lowest BCUT2D eigenvalue weighted by Crippen LogP contribution is -2.29. The Hall–Kier alpha value is -3.40. The van der Waals surface area contributed by atoms with Crippen LogP contribution in [0.4, 0.5) is 0 Å². The van der Waals surface area contributed by atoms with Crippen LogP contribution in [-0.2, 0) is 10.0 Å². The minimum absolute atomic E-state index is 0.0481. The quantitative estimate of drug-likeness (QED) is 0.594. The molecule has 0 atom stereocenters. The molecule has 0 aliphatic carbocycles. The Labute approximate surface area is 170 Å². The van der Waals surface area contributed by atoms with Crippen LogP contribution in [0.5, 0.6) is 0 Å². The fourth-order valence-corrected chi connectivity index (χ4v) is 3.80. The highest BCUT2D eigenvalue weighted by molar-refractivity contribution is 7.89. The maximum absolute atomic E-state index is 12.8. The maximum atomic E-state index is 12.8. The van der Waals surface area contributed by atoms with Gasteiger partial charge in [-0.1, -0.05) is 66.6 Å². The van der Waals surface area contributed by atoms with Crippen LogP contribution in [0.3, 0.4) is 0 Å². The van der Waals surface area contributed by atoms with Crippen LogP contribution in [0.25, 0.3) is 0 Å². The summed E-state index contributed by atoms with van der Waals surface area (Å²) in [6.07, 6.45) is 5.09. The normalized spacial score (nSPS) is 11.0. The van der Waals surface area contributed by atoms with Crippen LogP contribution in [0, 0.1) is 12.3 Å². The molecule has 3 aromatic carbocycles. The van der Waals surface area contributed by atoms with Gasteiger partial charge in [-0.25, -0.2) is 8.42 Å². The molecule has 3 aromatic rings. The lowest BCUT2D eigenvalue weighted by Gasteiger charge is -2.20. The number of hydrogen-bond acceptors (Lipinski definition) is 3. The van der Waals surface area contributed by atoms with Gasteiger partial charge in [0.05, 0.1) is 17.5 Å². The minimum atomic E-state index is -3.70. The molecule has 5 nitrogen and oxygen atoms in total. The fourth-order valence-electron chi connectivity index (χ4n) is 2.87. The molecule has 0 saturated heterocycles. The first-order chi connectivity index (χ1) is 14.0. The Morgan fingerprint density at radius 3 is 1.86 bits per heavy atom. The Morgan fingerprint density at radius 1 is 0.862 bits per heavy atom. The van der Waals surface area contributed by atoms with E-state index in [-0.39, 0.29) is 23.4 Å². The van der Waals surface area contributed by atoms with Crippen LogP contribution >= 0.6 is 0 Å². The topological polar surface area (TPSA) is 75.3 Å². The second-order valence-electron chi connectivity index (χ2n) is 6.28. The molecule has 146 valence electrons. The summed E-state index contributed by atoms with van der Waals surface area (Å²) in [4.78, 5) is 12.9. The number of benzene rings is 3. The molecule has 0 aromatic heterocycles. The van der Waals surface area contributed by atoms with Gasteiger partial charge < -0.3 is 5.32 Å². The van der Waals surface area contributed by atoms with E-state index >= 15 is 0 Å². The summed E-state index contributed by atoms with van der Waals surface area (Å²) in [7, 11) is -3.70. The number of sulfonamides is 1. The summed E-state index contributed by atoms with van der Waals surface area (Å²) >= 11 is 0. The maximum Gasteiger partial charge on any atom is 0.252 e. The number of hydrogen-bond donors (Lipinski definition) is 2. The van der Waals surface area contributed by atoms with Crippen LogP contribution in [0.2, 0.25) is 0 Å². The van der Waals surface area contributed by atoms with Crippen molar-refractivity contribution >= 4 is 15.9 Å². The lowest BCUT2D eigenvalue weighted by atomic mass is 9.98. The summed E-state index contributed by atoms with van der Waals surface area (Å²) in [5.74, 6) is 1.92. The Kier molecular flexibility index (Phi) is 6.45. The van der Waals surface area contributed by atoms with E-state index in [0.29, 0.717) is 5.56 Å². The third-order valence-electron chi connectivity index (χ3n) is 4.33. The molecule has 0 saturated carbocycles. The van der Waals surface area contributed by atoms with Crippen LogP contribution in [-0.4, -0.2) is 20.9 Å². The van der Waals surface area contributed by atoms with Crippen molar-refractivity contribution < 1.29 is 13.2 Å². The van der Waals surface area contributed by atoms with E-state index in [4.69, 9.17) is 6.42 Å². The summed E-state index contributed by atoms with van der Waals surface area (Å²) in [5.41, 5.74) is 2.26. The molecule has 6 heteroatoms. The van der Waals surface area contributed by atoms with E-state index in [1.165, 1.54) is 24.3 Å². The van der Waals surface area contributed by atoms with E-state index in [1.54, 1.807) is 0 Å². The molecule has 0 fully saturated rings. The Morgan fingerprint density at radius 2 is 1.38 bits per heavy atom. The van der Waals surface area contributed by atoms with Gasteiger partial charge in [0, 0.05) is 5.56 Å². The van der Waals surface area contributed by atoms with E-state index in [1.807, 2.05) is 60.7 Å². The number of rotatable bonds is 7. The molecule has 0 aliphatic rings. The van der Waals surface area contributed by atoms with Crippen molar-refractivity contribution in [2.75, 3.05) is 6.54 Å². The number of carbonyl (C=O) groups excluding carboxylic acids is 1.